The molecule has 0 spiro atoms. The first-order chi connectivity index (χ1) is 11.3. The first-order valence-electron chi connectivity index (χ1n) is 7.97. The fourth-order valence-electron chi connectivity index (χ4n) is 2.83. The molecule has 1 atom stereocenters. The average Bonchev–Trinajstić information content (AvgIpc) is 2.49. The van der Waals surface area contributed by atoms with Crippen molar-refractivity contribution in [2.24, 2.45) is 5.41 Å². The number of para-hydroxylation sites is 1. The smallest absolute Gasteiger partial charge is 0.338 e. The second-order valence-corrected chi connectivity index (χ2v) is 6.66. The summed E-state index contributed by atoms with van der Waals surface area (Å²) in [5, 5.41) is 19.7. The summed E-state index contributed by atoms with van der Waals surface area (Å²) in [5.41, 5.74) is 2.20. The average molecular weight is 328 g/mol. The van der Waals surface area contributed by atoms with E-state index >= 15 is 0 Å². The Morgan fingerprint density at radius 1 is 1.42 bits per heavy atom. The molecule has 0 heterocycles. The Balaban J connectivity index is 2.46. The second kappa shape index (κ2) is 7.05. The van der Waals surface area contributed by atoms with Gasteiger partial charge in [0.2, 0.25) is 0 Å². The van der Waals surface area contributed by atoms with Crippen molar-refractivity contribution in [1.29, 1.82) is 0 Å². The van der Waals surface area contributed by atoms with E-state index in [4.69, 9.17) is 4.74 Å². The molecule has 0 radical (unpaired) electrons. The monoisotopic (exact) mass is 328 g/mol. The molecule has 2 rings (SSSR count). The Kier molecular flexibility index (Phi) is 5.30. The molecule has 0 aliphatic heterocycles. The van der Waals surface area contributed by atoms with Crippen LogP contribution in [0.25, 0.3) is 5.57 Å². The van der Waals surface area contributed by atoms with E-state index in [1.807, 2.05) is 38.1 Å². The maximum Gasteiger partial charge on any atom is 0.338 e. The van der Waals surface area contributed by atoms with Crippen LogP contribution >= 0.6 is 0 Å². The zero-order valence-corrected chi connectivity index (χ0v) is 14.4. The van der Waals surface area contributed by atoms with Crippen molar-refractivity contribution in [1.82, 2.24) is 0 Å². The second-order valence-electron chi connectivity index (χ2n) is 6.66. The molecule has 0 fully saturated rings. The van der Waals surface area contributed by atoms with Gasteiger partial charge in [0, 0.05) is 24.2 Å². The van der Waals surface area contributed by atoms with Crippen LogP contribution in [0.15, 0.2) is 48.3 Å². The molecule has 0 bridgehead atoms. The fraction of sp³-hybridized carbons (Fsp3) is 0.350. The van der Waals surface area contributed by atoms with Crippen LogP contribution in [-0.2, 0) is 9.53 Å². The molecule has 1 aliphatic carbocycles. The van der Waals surface area contributed by atoms with E-state index in [0.29, 0.717) is 29.7 Å². The fourth-order valence-corrected chi connectivity index (χ4v) is 2.83. The van der Waals surface area contributed by atoms with Gasteiger partial charge in [0.15, 0.2) is 0 Å². The largest absolute Gasteiger partial charge is 0.507 e. The highest BCUT2D eigenvalue weighted by Gasteiger charge is 2.30. The topological polar surface area (TPSA) is 66.8 Å². The first kappa shape index (κ1) is 18.0. The van der Waals surface area contributed by atoms with Gasteiger partial charge >= 0.3 is 5.97 Å². The van der Waals surface area contributed by atoms with Gasteiger partial charge in [-0.3, -0.25) is 0 Å². The molecule has 0 amide bonds. The number of ether oxygens (including phenoxy) is 1. The first-order valence-corrected chi connectivity index (χ1v) is 7.97. The predicted molar refractivity (Wildman–Crippen MR) is 94.2 cm³/mol. The van der Waals surface area contributed by atoms with Crippen LogP contribution in [0.4, 0.5) is 0 Å². The molecule has 1 unspecified atom stereocenters. The lowest BCUT2D eigenvalue weighted by molar-refractivity contribution is -0.135. The van der Waals surface area contributed by atoms with Gasteiger partial charge in [-0.15, -0.1) is 0 Å². The molecule has 1 aliphatic rings. The summed E-state index contributed by atoms with van der Waals surface area (Å²) in [6.45, 7) is 9.06. The molecule has 24 heavy (non-hydrogen) atoms. The lowest BCUT2D eigenvalue weighted by atomic mass is 9.76. The van der Waals surface area contributed by atoms with Crippen molar-refractivity contribution in [3.63, 3.8) is 0 Å². The molecule has 2 N–H and O–H groups in total. The normalized spacial score (nSPS) is 20.2. The summed E-state index contributed by atoms with van der Waals surface area (Å²) in [6.07, 6.45) is 4.83. The Hall–Kier alpha value is -2.33. The molecular formula is C20H24O4. The lowest BCUT2D eigenvalue weighted by Gasteiger charge is -2.31. The maximum atomic E-state index is 11.9. The van der Waals surface area contributed by atoms with Gasteiger partial charge in [0.25, 0.3) is 0 Å². The maximum absolute atomic E-state index is 11.9. The Morgan fingerprint density at radius 3 is 2.75 bits per heavy atom. The van der Waals surface area contributed by atoms with Gasteiger partial charge in [-0.1, -0.05) is 37.8 Å². The van der Waals surface area contributed by atoms with Crippen molar-refractivity contribution in [2.75, 3.05) is 6.61 Å². The number of esters is 1. The van der Waals surface area contributed by atoms with Crippen LogP contribution in [-0.4, -0.2) is 22.8 Å². The highest BCUT2D eigenvalue weighted by atomic mass is 16.5. The molecule has 0 saturated heterocycles. The third-order valence-electron chi connectivity index (χ3n) is 4.20. The van der Waals surface area contributed by atoms with Crippen molar-refractivity contribution in [3.8, 4) is 5.75 Å². The molecule has 4 heteroatoms. The third-order valence-corrected chi connectivity index (χ3v) is 4.20. The van der Waals surface area contributed by atoms with Crippen molar-refractivity contribution in [2.45, 2.75) is 33.6 Å². The number of phenols is 1. The van der Waals surface area contributed by atoms with E-state index in [1.165, 1.54) is 0 Å². The molecule has 4 nitrogen and oxygen atoms in total. The van der Waals surface area contributed by atoms with E-state index in [-0.39, 0.29) is 17.8 Å². The molecule has 0 saturated carbocycles. The van der Waals surface area contributed by atoms with Gasteiger partial charge in [-0.25, -0.2) is 4.79 Å². The molecule has 128 valence electrons. The Bertz CT molecular complexity index is 727. The third kappa shape index (κ3) is 3.95. The number of phenolic OH excluding ortho intramolecular Hbond substituents is 1. The summed E-state index contributed by atoms with van der Waals surface area (Å²) < 4.78 is 5.43. The minimum absolute atomic E-state index is 0.0296. The summed E-state index contributed by atoms with van der Waals surface area (Å²) in [5.74, 6) is 0.249. The molecule has 1 aromatic rings. The molecule has 0 aromatic heterocycles. The Morgan fingerprint density at radius 2 is 2.12 bits per heavy atom. The van der Waals surface area contributed by atoms with Crippen LogP contribution in [0.5, 0.6) is 5.75 Å². The van der Waals surface area contributed by atoms with E-state index in [9.17, 15) is 15.0 Å². The standard InChI is InChI=1S/C20H24O4/c1-13(2)19(23)24-16-10-15(11-20(4,12-16)8-9-21)17-7-5-6-14(3)18(17)22/h5-7,10-11,21-22H,1,8-9,12H2,2-4H3. The minimum atomic E-state index is -0.470. The SMILES string of the molecule is C=C(C)C(=O)OC1=CC(c2cccc(C)c2O)=CC(C)(CCO)C1. The van der Waals surface area contributed by atoms with Gasteiger partial charge < -0.3 is 14.9 Å². The van der Waals surface area contributed by atoms with E-state index in [2.05, 4.69) is 6.58 Å². The number of aliphatic hydroxyl groups excluding tert-OH is 1. The van der Waals surface area contributed by atoms with Crippen LogP contribution in [0.1, 0.15) is 37.8 Å². The van der Waals surface area contributed by atoms with Crippen LogP contribution < -0.4 is 0 Å². The number of aliphatic hydroxyl groups is 1. The number of carbonyl (C=O) groups excluding carboxylic acids is 1. The minimum Gasteiger partial charge on any atom is -0.507 e. The number of hydrogen-bond acceptors (Lipinski definition) is 4. The quantitative estimate of drug-likeness (QED) is 0.636. The summed E-state index contributed by atoms with van der Waals surface area (Å²) in [7, 11) is 0. The van der Waals surface area contributed by atoms with Crippen LogP contribution in [0.2, 0.25) is 0 Å². The van der Waals surface area contributed by atoms with E-state index < -0.39 is 5.97 Å². The number of hydrogen-bond donors (Lipinski definition) is 2. The number of rotatable bonds is 5. The van der Waals surface area contributed by atoms with Gasteiger partial charge in [0.1, 0.15) is 11.5 Å². The summed E-state index contributed by atoms with van der Waals surface area (Å²) in [6, 6.07) is 5.53. The predicted octanol–water partition coefficient (Wildman–Crippen LogP) is 3.88. The van der Waals surface area contributed by atoms with E-state index in [0.717, 1.165) is 11.1 Å². The van der Waals surface area contributed by atoms with Crippen molar-refractivity contribution in [3.05, 3.63) is 59.4 Å². The van der Waals surface area contributed by atoms with E-state index in [1.54, 1.807) is 13.0 Å². The van der Waals surface area contributed by atoms with Crippen LogP contribution in [0.3, 0.4) is 0 Å². The number of carbonyl (C=O) groups is 1. The van der Waals surface area contributed by atoms with Gasteiger partial charge in [-0.05, 0) is 42.9 Å². The number of allylic oxidation sites excluding steroid dienone is 4. The highest BCUT2D eigenvalue weighted by Crippen LogP contribution is 2.42. The Labute approximate surface area is 142 Å². The number of benzene rings is 1. The lowest BCUT2D eigenvalue weighted by Crippen LogP contribution is -2.21. The molecular weight excluding hydrogens is 304 g/mol. The van der Waals surface area contributed by atoms with Crippen molar-refractivity contribution >= 4 is 11.5 Å². The van der Waals surface area contributed by atoms with Gasteiger partial charge in [-0.2, -0.15) is 0 Å². The number of aryl methyl sites for hydroxylation is 1. The molecule has 1 aromatic carbocycles. The zero-order chi connectivity index (χ0) is 17.9. The number of aromatic hydroxyl groups is 1. The summed E-state index contributed by atoms with van der Waals surface area (Å²) >= 11 is 0. The summed E-state index contributed by atoms with van der Waals surface area (Å²) in [4.78, 5) is 11.9. The van der Waals surface area contributed by atoms with Crippen LogP contribution in [0, 0.1) is 12.3 Å². The van der Waals surface area contributed by atoms with Crippen molar-refractivity contribution < 1.29 is 19.7 Å². The zero-order valence-electron chi connectivity index (χ0n) is 14.4. The highest BCUT2D eigenvalue weighted by molar-refractivity contribution is 5.88. The van der Waals surface area contributed by atoms with Gasteiger partial charge in [0.05, 0.1) is 0 Å².